The van der Waals surface area contributed by atoms with E-state index >= 15 is 0 Å². The molecular formula is C21H18ClN3O2S2. The van der Waals surface area contributed by atoms with Crippen molar-refractivity contribution in [2.45, 2.75) is 30.8 Å². The molecule has 1 N–H and O–H groups in total. The largest absolute Gasteiger partial charge is 0.344 e. The van der Waals surface area contributed by atoms with Crippen molar-refractivity contribution in [2.75, 3.05) is 12.3 Å². The van der Waals surface area contributed by atoms with Crippen LogP contribution < -0.4 is 10.9 Å². The fourth-order valence-electron chi connectivity index (χ4n) is 3.43. The summed E-state index contributed by atoms with van der Waals surface area (Å²) in [6.07, 6.45) is 9.32. The number of aryl methyl sites for hydroxylation is 2. The molecule has 5 nitrogen and oxygen atoms in total. The molecular weight excluding hydrogens is 426 g/mol. The van der Waals surface area contributed by atoms with Gasteiger partial charge in [0.15, 0.2) is 5.16 Å². The molecule has 0 unspecified atom stereocenters. The number of thioether (sulfide) groups is 1. The first kappa shape index (κ1) is 20.0. The number of thiophene rings is 1. The van der Waals surface area contributed by atoms with E-state index in [1.165, 1.54) is 16.6 Å². The van der Waals surface area contributed by atoms with Gasteiger partial charge in [0.05, 0.1) is 23.4 Å². The van der Waals surface area contributed by atoms with Crippen LogP contribution in [0.15, 0.2) is 34.2 Å². The van der Waals surface area contributed by atoms with E-state index in [0.29, 0.717) is 21.3 Å². The number of terminal acetylenes is 1. The lowest BCUT2D eigenvalue weighted by atomic mass is 9.97. The summed E-state index contributed by atoms with van der Waals surface area (Å²) in [4.78, 5) is 32.3. The number of hydrogen-bond acceptors (Lipinski definition) is 5. The summed E-state index contributed by atoms with van der Waals surface area (Å²) in [5.74, 6) is 2.30. The zero-order chi connectivity index (χ0) is 20.4. The third-order valence-corrected chi connectivity index (χ3v) is 7.14. The lowest BCUT2D eigenvalue weighted by Gasteiger charge is -2.13. The Morgan fingerprint density at radius 2 is 2.07 bits per heavy atom. The van der Waals surface area contributed by atoms with Crippen LogP contribution in [-0.2, 0) is 17.6 Å². The van der Waals surface area contributed by atoms with E-state index in [-0.39, 0.29) is 23.8 Å². The van der Waals surface area contributed by atoms with Gasteiger partial charge >= 0.3 is 0 Å². The molecule has 1 amide bonds. The first-order chi connectivity index (χ1) is 14.1. The highest BCUT2D eigenvalue weighted by Crippen LogP contribution is 2.35. The van der Waals surface area contributed by atoms with Gasteiger partial charge in [0, 0.05) is 9.90 Å². The number of nitrogens with zero attached hydrogens (tertiary/aromatic N) is 2. The smallest absolute Gasteiger partial charge is 0.267 e. The average Bonchev–Trinajstić information content (AvgIpc) is 3.10. The SMILES string of the molecule is C#CCNC(=O)CSc1nc2sc3c(c2c(=O)n1-c1ccc(Cl)cc1)CCCC3. The number of halogens is 1. The fourth-order valence-corrected chi connectivity index (χ4v) is 5.70. The minimum atomic E-state index is -0.199. The van der Waals surface area contributed by atoms with Crippen molar-refractivity contribution in [1.29, 1.82) is 0 Å². The van der Waals surface area contributed by atoms with Gasteiger partial charge in [-0.3, -0.25) is 14.2 Å². The van der Waals surface area contributed by atoms with Crippen LogP contribution in [0.1, 0.15) is 23.3 Å². The molecule has 1 aliphatic carbocycles. The quantitative estimate of drug-likeness (QED) is 0.370. The Labute approximate surface area is 181 Å². The Balaban J connectivity index is 1.83. The summed E-state index contributed by atoms with van der Waals surface area (Å²) in [5, 5.41) is 4.42. The number of hydrogen-bond donors (Lipinski definition) is 1. The second kappa shape index (κ2) is 8.62. The summed E-state index contributed by atoms with van der Waals surface area (Å²) in [5.41, 5.74) is 1.72. The van der Waals surface area contributed by atoms with E-state index in [4.69, 9.17) is 23.0 Å². The van der Waals surface area contributed by atoms with Crippen molar-refractivity contribution in [3.63, 3.8) is 0 Å². The third-order valence-electron chi connectivity index (χ3n) is 4.76. The Morgan fingerprint density at radius 3 is 2.83 bits per heavy atom. The molecule has 0 atom stereocenters. The van der Waals surface area contributed by atoms with Gasteiger partial charge in [-0.05, 0) is 55.5 Å². The van der Waals surface area contributed by atoms with Crippen molar-refractivity contribution in [3.05, 3.63) is 50.1 Å². The topological polar surface area (TPSA) is 64.0 Å². The van der Waals surface area contributed by atoms with Gasteiger partial charge in [0.25, 0.3) is 5.56 Å². The van der Waals surface area contributed by atoms with Crippen molar-refractivity contribution in [2.24, 2.45) is 0 Å². The second-order valence-corrected chi connectivity index (χ2v) is 9.13. The monoisotopic (exact) mass is 443 g/mol. The van der Waals surface area contributed by atoms with E-state index in [0.717, 1.165) is 36.1 Å². The molecule has 0 spiro atoms. The Kier molecular flexibility index (Phi) is 5.95. The van der Waals surface area contributed by atoms with Crippen LogP contribution in [0, 0.1) is 12.3 Å². The van der Waals surface area contributed by atoms with Gasteiger partial charge < -0.3 is 5.32 Å². The van der Waals surface area contributed by atoms with Crippen LogP contribution in [-0.4, -0.2) is 27.8 Å². The third kappa shape index (κ3) is 4.06. The molecule has 1 aliphatic rings. The number of fused-ring (bicyclic) bond motifs is 3. The first-order valence-electron chi connectivity index (χ1n) is 9.24. The molecule has 0 aliphatic heterocycles. The highest BCUT2D eigenvalue weighted by atomic mass is 35.5. The molecule has 0 bridgehead atoms. The molecule has 148 valence electrons. The number of carbonyl (C=O) groups is 1. The molecule has 4 rings (SSSR count). The fraction of sp³-hybridized carbons (Fsp3) is 0.286. The number of carbonyl (C=O) groups excluding carboxylic acids is 1. The molecule has 29 heavy (non-hydrogen) atoms. The normalized spacial score (nSPS) is 13.1. The number of nitrogens with one attached hydrogen (secondary N) is 1. The van der Waals surface area contributed by atoms with Gasteiger partial charge in [-0.15, -0.1) is 17.8 Å². The van der Waals surface area contributed by atoms with E-state index in [1.807, 2.05) is 0 Å². The van der Waals surface area contributed by atoms with Crippen molar-refractivity contribution >= 4 is 50.8 Å². The molecule has 8 heteroatoms. The summed E-state index contributed by atoms with van der Waals surface area (Å²) in [6.45, 7) is 0.174. The Hall–Kier alpha value is -2.27. The maximum absolute atomic E-state index is 13.5. The average molecular weight is 444 g/mol. The second-order valence-electron chi connectivity index (χ2n) is 6.67. The van der Waals surface area contributed by atoms with Crippen LogP contribution in [0.3, 0.4) is 0 Å². The molecule has 0 radical (unpaired) electrons. The van der Waals surface area contributed by atoms with Crippen molar-refractivity contribution < 1.29 is 4.79 Å². The van der Waals surface area contributed by atoms with Gasteiger partial charge in [0.1, 0.15) is 4.83 Å². The van der Waals surface area contributed by atoms with Gasteiger partial charge in [0.2, 0.25) is 5.91 Å². The summed E-state index contributed by atoms with van der Waals surface area (Å²) >= 11 is 8.85. The van der Waals surface area contributed by atoms with Crippen LogP contribution in [0.4, 0.5) is 0 Å². The molecule has 2 aromatic heterocycles. The lowest BCUT2D eigenvalue weighted by Crippen LogP contribution is -2.26. The standard InChI is InChI=1S/C21H18ClN3O2S2/c1-2-11-23-17(26)12-28-21-24-19-18(15-5-3-4-6-16(15)29-19)20(27)25(21)14-9-7-13(22)8-10-14/h1,7-10H,3-6,11-12H2,(H,23,26). The van der Waals surface area contributed by atoms with Crippen LogP contribution >= 0.6 is 34.7 Å². The maximum Gasteiger partial charge on any atom is 0.267 e. The summed E-state index contributed by atoms with van der Waals surface area (Å²) in [6, 6.07) is 7.06. The first-order valence-corrected chi connectivity index (χ1v) is 11.4. The maximum atomic E-state index is 13.5. The number of aromatic nitrogens is 2. The molecule has 0 saturated carbocycles. The van der Waals surface area contributed by atoms with E-state index in [1.54, 1.807) is 40.2 Å². The highest BCUT2D eigenvalue weighted by Gasteiger charge is 2.23. The van der Waals surface area contributed by atoms with Crippen LogP contribution in [0.2, 0.25) is 5.02 Å². The minimum Gasteiger partial charge on any atom is -0.344 e. The number of amides is 1. The zero-order valence-corrected chi connectivity index (χ0v) is 17.9. The van der Waals surface area contributed by atoms with E-state index in [9.17, 15) is 9.59 Å². The number of benzene rings is 1. The van der Waals surface area contributed by atoms with Crippen LogP contribution in [0.25, 0.3) is 15.9 Å². The predicted molar refractivity (Wildman–Crippen MR) is 119 cm³/mol. The highest BCUT2D eigenvalue weighted by molar-refractivity contribution is 7.99. The van der Waals surface area contributed by atoms with Gasteiger partial charge in [-0.1, -0.05) is 29.3 Å². The lowest BCUT2D eigenvalue weighted by molar-refractivity contribution is -0.118. The molecule has 0 fully saturated rings. The molecule has 0 saturated heterocycles. The molecule has 2 heterocycles. The van der Waals surface area contributed by atoms with Crippen molar-refractivity contribution in [3.8, 4) is 18.0 Å². The summed E-state index contributed by atoms with van der Waals surface area (Å²) in [7, 11) is 0. The molecule has 1 aromatic carbocycles. The van der Waals surface area contributed by atoms with Crippen molar-refractivity contribution in [1.82, 2.24) is 14.9 Å². The summed E-state index contributed by atoms with van der Waals surface area (Å²) < 4.78 is 1.58. The zero-order valence-electron chi connectivity index (χ0n) is 15.5. The number of rotatable bonds is 5. The van der Waals surface area contributed by atoms with Gasteiger partial charge in [-0.25, -0.2) is 4.98 Å². The van der Waals surface area contributed by atoms with Crippen LogP contribution in [0.5, 0.6) is 0 Å². The molecule has 3 aromatic rings. The predicted octanol–water partition coefficient (Wildman–Crippen LogP) is 3.82. The van der Waals surface area contributed by atoms with E-state index in [2.05, 4.69) is 11.2 Å². The Morgan fingerprint density at radius 1 is 1.31 bits per heavy atom. The minimum absolute atomic E-state index is 0.0942. The van der Waals surface area contributed by atoms with E-state index < -0.39 is 0 Å². The Bertz CT molecular complexity index is 1180. The van der Waals surface area contributed by atoms with Gasteiger partial charge in [-0.2, -0.15) is 0 Å².